The van der Waals surface area contributed by atoms with Gasteiger partial charge in [-0.3, -0.25) is 9.59 Å². The van der Waals surface area contributed by atoms with Crippen LogP contribution in [0.2, 0.25) is 0 Å². The zero-order chi connectivity index (χ0) is 43.8. The van der Waals surface area contributed by atoms with E-state index in [2.05, 4.69) is 20.2 Å². The summed E-state index contributed by atoms with van der Waals surface area (Å²) in [6.45, 7) is 9.39. The molecule has 0 aromatic heterocycles. The maximum atomic E-state index is 11.9. The molecule has 3 heterocycles. The van der Waals surface area contributed by atoms with Crippen LogP contribution in [0.3, 0.4) is 0 Å². The van der Waals surface area contributed by atoms with Crippen LogP contribution in [0.15, 0.2) is 91.0 Å². The summed E-state index contributed by atoms with van der Waals surface area (Å²) in [5.74, 6) is -1.30. The molecule has 6 rings (SSSR count). The number of carbonyl (C=O) groups is 4. The molecular formula is C47H65N5O8. The summed E-state index contributed by atoms with van der Waals surface area (Å²) in [5, 5.41) is 6.86. The highest BCUT2D eigenvalue weighted by molar-refractivity contribution is 6.40. The molecule has 0 aliphatic carbocycles. The second-order valence-corrected chi connectivity index (χ2v) is 15.8. The van der Waals surface area contributed by atoms with E-state index < -0.39 is 5.97 Å². The molecule has 13 nitrogen and oxygen atoms in total. The van der Waals surface area contributed by atoms with E-state index in [1.807, 2.05) is 81.4 Å². The average Bonchev–Trinajstić information content (AvgIpc) is 3.29. The molecule has 2 N–H and O–H groups in total. The van der Waals surface area contributed by atoms with E-state index in [1.54, 1.807) is 35.2 Å². The first kappa shape index (κ1) is 49.0. The predicted octanol–water partition coefficient (Wildman–Crippen LogP) is 7.46. The number of esters is 3. The van der Waals surface area contributed by atoms with E-state index in [0.717, 1.165) is 63.0 Å². The number of nitrogens with zero attached hydrogens (tertiary/aromatic N) is 3. The van der Waals surface area contributed by atoms with E-state index in [4.69, 9.17) is 19.7 Å². The van der Waals surface area contributed by atoms with Crippen LogP contribution in [0, 0.1) is 0 Å². The number of rotatable bonds is 8. The lowest BCUT2D eigenvalue weighted by molar-refractivity contribution is -0.144. The first-order valence-corrected chi connectivity index (χ1v) is 21.0. The second kappa shape index (κ2) is 26.7. The van der Waals surface area contributed by atoms with Crippen LogP contribution in [0.5, 0.6) is 0 Å². The molecule has 60 heavy (non-hydrogen) atoms. The Bertz CT molecular complexity index is 1690. The van der Waals surface area contributed by atoms with E-state index in [-0.39, 0.29) is 53.3 Å². The van der Waals surface area contributed by atoms with Gasteiger partial charge in [0.2, 0.25) is 0 Å². The minimum atomic E-state index is -0.659. The number of nitrogens with one attached hydrogen (secondary N) is 2. The highest BCUT2D eigenvalue weighted by Crippen LogP contribution is 2.27. The van der Waals surface area contributed by atoms with Gasteiger partial charge in [0.25, 0.3) is 0 Å². The van der Waals surface area contributed by atoms with Gasteiger partial charge >= 0.3 is 29.7 Å². The van der Waals surface area contributed by atoms with Crippen LogP contribution in [0.25, 0.3) is 5.53 Å². The Hall–Kier alpha value is -5.36. The van der Waals surface area contributed by atoms with Gasteiger partial charge in [-0.2, -0.15) is 4.79 Å². The van der Waals surface area contributed by atoms with Crippen LogP contribution in [0.1, 0.15) is 107 Å². The lowest BCUT2D eigenvalue weighted by atomic mass is 9.86. The summed E-state index contributed by atoms with van der Waals surface area (Å²) in [7, 11) is 4.15. The lowest BCUT2D eigenvalue weighted by Gasteiger charge is -2.29. The largest absolute Gasteiger partial charge is 0.469 e. The minimum absolute atomic E-state index is 0.0944. The van der Waals surface area contributed by atoms with Gasteiger partial charge in [0, 0.05) is 25.2 Å². The number of amides is 1. The van der Waals surface area contributed by atoms with Crippen molar-refractivity contribution in [1.82, 2.24) is 15.5 Å². The Labute approximate surface area is 356 Å². The highest BCUT2D eigenvalue weighted by Gasteiger charge is 2.33. The first-order chi connectivity index (χ1) is 28.9. The SMILES string of the molecule is CC(C)(C)OC(=O)N1CCCCC1.COC(=O)C(=[N+]=[N-])c1ccccc1.COC(=O)[C@@H](c1ccccc1)[C@@H]1CCCCN1.COC(=O)[C@@H](c1ccccc1)[C@H]1CCCCN1. The average molecular weight is 828 g/mol. The quantitative estimate of drug-likeness (QED) is 0.0765. The third-order valence-corrected chi connectivity index (χ3v) is 10.3. The number of methoxy groups -OCH3 is 3. The Morgan fingerprint density at radius 3 is 1.42 bits per heavy atom. The number of piperidine rings is 3. The number of ether oxygens (including phenoxy) is 4. The van der Waals surface area contributed by atoms with E-state index in [9.17, 15) is 19.2 Å². The minimum Gasteiger partial charge on any atom is -0.469 e. The monoisotopic (exact) mass is 827 g/mol. The van der Waals surface area contributed by atoms with Crippen molar-refractivity contribution < 1.29 is 42.9 Å². The standard InChI is InChI=1S/2C14H19NO2.C10H19NO2.C9H8N2O2/c2*1-17-14(16)13(11-7-3-2-4-8-11)12-9-5-6-10-15-12;1-10(2,3)13-9(12)11-7-5-4-6-8-11;1-13-9(12)8(11-10)7-5-3-2-4-6-7/h2*2-4,7-8,12-13,15H,5-6,9-10H2,1H3;4-8H2,1-3H3;2-6H,1H3/t12-,13+;12-,13-;;/m10../s1. The van der Waals surface area contributed by atoms with Gasteiger partial charge in [-0.15, -0.1) is 0 Å². The zero-order valence-corrected chi connectivity index (χ0v) is 36.3. The van der Waals surface area contributed by atoms with Gasteiger partial charge in [-0.1, -0.05) is 91.7 Å². The molecule has 1 amide bonds. The summed E-state index contributed by atoms with van der Waals surface area (Å²) >= 11 is 0. The fraction of sp³-hybridized carbons (Fsp3) is 0.511. The van der Waals surface area contributed by atoms with Gasteiger partial charge in [0.1, 0.15) is 5.60 Å². The molecule has 3 aliphatic heterocycles. The Balaban J connectivity index is 0.000000216. The Morgan fingerprint density at radius 2 is 1.07 bits per heavy atom. The summed E-state index contributed by atoms with van der Waals surface area (Å²) < 4.78 is 19.6. The summed E-state index contributed by atoms with van der Waals surface area (Å²) in [5.41, 5.74) is 10.7. The molecule has 0 spiro atoms. The van der Waals surface area contributed by atoms with Gasteiger partial charge in [-0.25, -0.2) is 9.59 Å². The molecule has 0 bridgehead atoms. The van der Waals surface area contributed by atoms with Crippen LogP contribution < -0.4 is 10.6 Å². The molecule has 3 aliphatic rings. The predicted molar refractivity (Wildman–Crippen MR) is 232 cm³/mol. The maximum absolute atomic E-state index is 11.9. The number of carbonyl (C=O) groups excluding carboxylic acids is 4. The first-order valence-electron chi connectivity index (χ1n) is 21.0. The van der Waals surface area contributed by atoms with Crippen molar-refractivity contribution >= 4 is 29.7 Å². The molecular weight excluding hydrogens is 763 g/mol. The van der Waals surface area contributed by atoms with E-state index in [1.165, 1.54) is 53.4 Å². The molecule has 0 unspecified atom stereocenters. The van der Waals surface area contributed by atoms with Gasteiger partial charge < -0.3 is 40.0 Å². The normalized spacial score (nSPS) is 18.3. The van der Waals surface area contributed by atoms with E-state index >= 15 is 0 Å². The van der Waals surface area contributed by atoms with E-state index in [0.29, 0.717) is 5.56 Å². The summed E-state index contributed by atoms with van der Waals surface area (Å²) in [4.78, 5) is 51.1. The maximum Gasteiger partial charge on any atom is 0.422 e. The van der Waals surface area contributed by atoms with Crippen molar-refractivity contribution in [1.29, 1.82) is 0 Å². The van der Waals surface area contributed by atoms with Crippen LogP contribution in [-0.4, -0.2) is 105 Å². The van der Waals surface area contributed by atoms with Crippen molar-refractivity contribution in [3.63, 3.8) is 0 Å². The third kappa shape index (κ3) is 16.7. The zero-order valence-electron chi connectivity index (χ0n) is 36.3. The lowest BCUT2D eigenvalue weighted by Crippen LogP contribution is -2.42. The fourth-order valence-electron chi connectivity index (χ4n) is 7.28. The molecule has 0 radical (unpaired) electrons. The van der Waals surface area contributed by atoms with Gasteiger partial charge in [0.15, 0.2) is 0 Å². The summed E-state index contributed by atoms with van der Waals surface area (Å²) in [6, 6.07) is 28.8. The topological polar surface area (TPSA) is 169 Å². The molecule has 0 saturated carbocycles. The van der Waals surface area contributed by atoms with Crippen molar-refractivity contribution in [2.24, 2.45) is 0 Å². The summed E-state index contributed by atoms with van der Waals surface area (Å²) in [6.07, 6.45) is 10.1. The molecule has 3 fully saturated rings. The molecule has 4 atom stereocenters. The number of likely N-dealkylation sites (tertiary alicyclic amines) is 1. The second-order valence-electron chi connectivity index (χ2n) is 15.8. The fourth-order valence-corrected chi connectivity index (χ4v) is 7.28. The van der Waals surface area contributed by atoms with Gasteiger partial charge in [-0.05, 0) is 102 Å². The van der Waals surface area contributed by atoms with Crippen molar-refractivity contribution in [2.75, 3.05) is 47.5 Å². The van der Waals surface area contributed by atoms with Gasteiger partial charge in [0.05, 0.1) is 38.7 Å². The van der Waals surface area contributed by atoms with Crippen molar-refractivity contribution in [3.05, 3.63) is 113 Å². The smallest absolute Gasteiger partial charge is 0.422 e. The van der Waals surface area contributed by atoms with Crippen molar-refractivity contribution in [3.8, 4) is 0 Å². The molecule has 3 saturated heterocycles. The Kier molecular flexibility index (Phi) is 21.8. The third-order valence-electron chi connectivity index (χ3n) is 10.3. The molecule has 13 heteroatoms. The molecule has 3 aromatic rings. The number of benzene rings is 3. The molecule has 326 valence electrons. The Morgan fingerprint density at radius 1 is 0.633 bits per heavy atom. The highest BCUT2D eigenvalue weighted by atomic mass is 16.6. The van der Waals surface area contributed by atoms with Crippen LogP contribution in [0.4, 0.5) is 4.79 Å². The van der Waals surface area contributed by atoms with Crippen LogP contribution >= 0.6 is 0 Å². The van der Waals surface area contributed by atoms with Crippen molar-refractivity contribution in [2.45, 2.75) is 108 Å². The number of hydrogen-bond acceptors (Lipinski definition) is 10. The van der Waals surface area contributed by atoms with Crippen LogP contribution in [-0.2, 0) is 33.3 Å². The number of hydrogen-bond donors (Lipinski definition) is 2. The molecule has 3 aromatic carbocycles.